The predicted molar refractivity (Wildman–Crippen MR) is 72.7 cm³/mol. The molecular formula is C13H24N2O5. The topological polar surface area (TPSA) is 88.1 Å². The van der Waals surface area contributed by atoms with Gasteiger partial charge in [-0.2, -0.15) is 0 Å². The molecule has 1 aliphatic rings. The van der Waals surface area contributed by atoms with Crippen LogP contribution in [0.15, 0.2) is 0 Å². The van der Waals surface area contributed by atoms with Crippen molar-refractivity contribution in [2.75, 3.05) is 33.9 Å². The van der Waals surface area contributed by atoms with Crippen molar-refractivity contribution >= 4 is 12.0 Å². The quantitative estimate of drug-likeness (QED) is 0.719. The molecule has 1 fully saturated rings. The molecule has 0 spiro atoms. The van der Waals surface area contributed by atoms with E-state index < -0.39 is 12.1 Å². The summed E-state index contributed by atoms with van der Waals surface area (Å²) in [4.78, 5) is 24.0. The molecule has 7 nitrogen and oxygen atoms in total. The first-order chi connectivity index (χ1) is 9.52. The number of aliphatic carboxylic acids is 1. The zero-order valence-corrected chi connectivity index (χ0v) is 12.1. The molecule has 0 radical (unpaired) electrons. The number of nitrogens with zero attached hydrogens (tertiary/aromatic N) is 1. The SMILES string of the molecule is COC(CNC(=O)N(C)CC1CCCCO1)CC(=O)O. The first-order valence-corrected chi connectivity index (χ1v) is 6.88. The van der Waals surface area contributed by atoms with Crippen LogP contribution < -0.4 is 5.32 Å². The van der Waals surface area contributed by atoms with Gasteiger partial charge in [0.25, 0.3) is 0 Å². The zero-order valence-electron chi connectivity index (χ0n) is 12.1. The van der Waals surface area contributed by atoms with Gasteiger partial charge in [-0.1, -0.05) is 0 Å². The highest BCUT2D eigenvalue weighted by atomic mass is 16.5. The predicted octanol–water partition coefficient (Wildman–Crippen LogP) is 0.687. The minimum Gasteiger partial charge on any atom is -0.481 e. The van der Waals surface area contributed by atoms with Crippen LogP contribution in [0.25, 0.3) is 0 Å². The molecule has 0 bridgehead atoms. The number of urea groups is 1. The van der Waals surface area contributed by atoms with Gasteiger partial charge in [-0.25, -0.2) is 4.79 Å². The monoisotopic (exact) mass is 288 g/mol. The summed E-state index contributed by atoms with van der Waals surface area (Å²) < 4.78 is 10.6. The van der Waals surface area contributed by atoms with Crippen LogP contribution in [-0.4, -0.2) is 68.1 Å². The third kappa shape index (κ3) is 6.21. The van der Waals surface area contributed by atoms with E-state index in [0.717, 1.165) is 25.9 Å². The Hall–Kier alpha value is -1.34. The maximum atomic E-state index is 11.9. The highest BCUT2D eigenvalue weighted by Gasteiger charge is 2.20. The van der Waals surface area contributed by atoms with Gasteiger partial charge in [-0.15, -0.1) is 0 Å². The molecular weight excluding hydrogens is 264 g/mol. The van der Waals surface area contributed by atoms with Crippen molar-refractivity contribution in [2.45, 2.75) is 37.9 Å². The number of hydrogen-bond donors (Lipinski definition) is 2. The van der Waals surface area contributed by atoms with E-state index in [1.54, 1.807) is 11.9 Å². The van der Waals surface area contributed by atoms with Gasteiger partial charge >= 0.3 is 12.0 Å². The lowest BCUT2D eigenvalue weighted by Gasteiger charge is -2.28. The summed E-state index contributed by atoms with van der Waals surface area (Å²) in [6.07, 6.45) is 2.62. The molecule has 2 unspecified atom stereocenters. The van der Waals surface area contributed by atoms with Crippen molar-refractivity contribution in [1.29, 1.82) is 0 Å². The molecule has 0 saturated carbocycles. The number of ether oxygens (including phenoxy) is 2. The number of rotatable bonds is 7. The van der Waals surface area contributed by atoms with Crippen molar-refractivity contribution < 1.29 is 24.2 Å². The maximum Gasteiger partial charge on any atom is 0.317 e. The van der Waals surface area contributed by atoms with Crippen LogP contribution in [0.2, 0.25) is 0 Å². The molecule has 0 aromatic carbocycles. The molecule has 1 heterocycles. The Balaban J connectivity index is 2.27. The van der Waals surface area contributed by atoms with Crippen LogP contribution in [0.3, 0.4) is 0 Å². The number of carbonyl (C=O) groups excluding carboxylic acids is 1. The van der Waals surface area contributed by atoms with Crippen molar-refractivity contribution in [3.8, 4) is 0 Å². The van der Waals surface area contributed by atoms with Crippen LogP contribution in [0.1, 0.15) is 25.7 Å². The highest BCUT2D eigenvalue weighted by Crippen LogP contribution is 2.13. The summed E-state index contributed by atoms with van der Waals surface area (Å²) in [6, 6.07) is -0.244. The van der Waals surface area contributed by atoms with Crippen LogP contribution >= 0.6 is 0 Å². The van der Waals surface area contributed by atoms with E-state index in [0.29, 0.717) is 6.54 Å². The van der Waals surface area contributed by atoms with Gasteiger partial charge in [-0.3, -0.25) is 4.79 Å². The molecule has 2 N–H and O–H groups in total. The number of carboxylic acid groups (broad SMARTS) is 1. The highest BCUT2D eigenvalue weighted by molar-refractivity contribution is 5.74. The summed E-state index contributed by atoms with van der Waals surface area (Å²) in [5.41, 5.74) is 0. The fraction of sp³-hybridized carbons (Fsp3) is 0.846. The van der Waals surface area contributed by atoms with E-state index in [9.17, 15) is 9.59 Å². The standard InChI is InChI=1S/C13H24N2O5/c1-15(9-10-5-3-4-6-20-10)13(18)14-8-11(19-2)7-12(16)17/h10-11H,3-9H2,1-2H3,(H,14,18)(H,16,17). The first kappa shape index (κ1) is 16.7. The van der Waals surface area contributed by atoms with Crippen LogP contribution in [0.4, 0.5) is 4.79 Å². The second kappa shape index (κ2) is 8.76. The Bertz CT molecular complexity index is 318. The Kier molecular flexibility index (Phi) is 7.32. The minimum absolute atomic E-state index is 0.0942. The van der Waals surface area contributed by atoms with E-state index in [1.165, 1.54) is 7.11 Å². The number of carboxylic acids is 1. The molecule has 1 aliphatic heterocycles. The van der Waals surface area contributed by atoms with Crippen molar-refractivity contribution in [3.05, 3.63) is 0 Å². The maximum absolute atomic E-state index is 11.9. The van der Waals surface area contributed by atoms with Crippen molar-refractivity contribution in [1.82, 2.24) is 10.2 Å². The fourth-order valence-corrected chi connectivity index (χ4v) is 2.11. The van der Waals surface area contributed by atoms with Crippen LogP contribution in [0, 0.1) is 0 Å². The lowest BCUT2D eigenvalue weighted by atomic mass is 10.1. The van der Waals surface area contributed by atoms with Gasteiger partial charge in [0.1, 0.15) is 0 Å². The number of nitrogens with one attached hydrogen (secondary N) is 1. The number of methoxy groups -OCH3 is 1. The molecule has 116 valence electrons. The van der Waals surface area contributed by atoms with Gasteiger partial charge < -0.3 is 24.8 Å². The molecule has 1 saturated heterocycles. The van der Waals surface area contributed by atoms with Gasteiger partial charge in [0, 0.05) is 33.9 Å². The number of carbonyl (C=O) groups is 2. The van der Waals surface area contributed by atoms with Crippen molar-refractivity contribution in [2.24, 2.45) is 0 Å². The van der Waals surface area contributed by atoms with Gasteiger partial charge in [0.15, 0.2) is 0 Å². The minimum atomic E-state index is -0.949. The largest absolute Gasteiger partial charge is 0.481 e. The Morgan fingerprint density at radius 3 is 2.80 bits per heavy atom. The summed E-state index contributed by atoms with van der Waals surface area (Å²) >= 11 is 0. The third-order valence-corrected chi connectivity index (χ3v) is 3.31. The molecule has 7 heteroatoms. The average Bonchev–Trinajstić information content (AvgIpc) is 2.43. The molecule has 0 aliphatic carbocycles. The van der Waals surface area contributed by atoms with E-state index in [1.807, 2.05) is 0 Å². The second-order valence-corrected chi connectivity index (χ2v) is 5.01. The van der Waals surface area contributed by atoms with Crippen molar-refractivity contribution in [3.63, 3.8) is 0 Å². The number of hydrogen-bond acceptors (Lipinski definition) is 4. The summed E-state index contributed by atoms with van der Waals surface area (Å²) in [5.74, 6) is -0.949. The third-order valence-electron chi connectivity index (χ3n) is 3.31. The van der Waals surface area contributed by atoms with Gasteiger partial charge in [-0.05, 0) is 19.3 Å². The summed E-state index contributed by atoms with van der Waals surface area (Å²) in [6.45, 7) is 1.48. The van der Waals surface area contributed by atoms with Crippen LogP contribution in [0.5, 0.6) is 0 Å². The molecule has 1 rings (SSSR count). The Morgan fingerprint density at radius 1 is 1.50 bits per heavy atom. The smallest absolute Gasteiger partial charge is 0.317 e. The molecule has 0 aromatic rings. The van der Waals surface area contributed by atoms with E-state index in [2.05, 4.69) is 5.32 Å². The first-order valence-electron chi connectivity index (χ1n) is 6.88. The molecule has 20 heavy (non-hydrogen) atoms. The zero-order chi connectivity index (χ0) is 15.0. The second-order valence-electron chi connectivity index (χ2n) is 5.01. The Labute approximate surface area is 119 Å². The molecule has 2 amide bonds. The van der Waals surface area contributed by atoms with Crippen LogP contribution in [-0.2, 0) is 14.3 Å². The summed E-state index contributed by atoms with van der Waals surface area (Å²) in [7, 11) is 3.13. The average molecular weight is 288 g/mol. The molecule has 2 atom stereocenters. The van der Waals surface area contributed by atoms with Gasteiger partial charge in [0.2, 0.25) is 0 Å². The van der Waals surface area contributed by atoms with E-state index >= 15 is 0 Å². The summed E-state index contributed by atoms with van der Waals surface area (Å²) in [5, 5.41) is 11.4. The fourth-order valence-electron chi connectivity index (χ4n) is 2.11. The lowest BCUT2D eigenvalue weighted by molar-refractivity contribution is -0.139. The van der Waals surface area contributed by atoms with E-state index in [4.69, 9.17) is 14.6 Å². The number of likely N-dealkylation sites (N-methyl/N-ethyl adjacent to an activating group) is 1. The lowest BCUT2D eigenvalue weighted by Crippen LogP contribution is -2.45. The van der Waals surface area contributed by atoms with Gasteiger partial charge in [0.05, 0.1) is 18.6 Å². The number of amides is 2. The molecule has 0 aromatic heterocycles. The Morgan fingerprint density at radius 2 is 2.25 bits per heavy atom. The van der Waals surface area contributed by atoms with E-state index in [-0.39, 0.29) is 25.1 Å². The normalized spacial score (nSPS) is 20.2.